The molecule has 0 unspecified atom stereocenters. The minimum atomic E-state index is -0.309. The SMILES string of the molecule is CSc1ccc(C)c(C(=O)Nc2ccc3c(c2F)CCNC3)c1. The van der Waals surface area contributed by atoms with Crippen LogP contribution in [-0.2, 0) is 13.0 Å². The number of anilines is 1. The first-order valence-electron chi connectivity index (χ1n) is 7.57. The van der Waals surface area contributed by atoms with E-state index >= 15 is 0 Å². The van der Waals surface area contributed by atoms with E-state index in [1.54, 1.807) is 17.8 Å². The number of aryl methyl sites for hydroxylation is 1. The lowest BCUT2D eigenvalue weighted by Crippen LogP contribution is -2.25. The second-order valence-electron chi connectivity index (χ2n) is 5.63. The molecule has 0 aliphatic carbocycles. The van der Waals surface area contributed by atoms with Gasteiger partial charge in [0.05, 0.1) is 5.69 Å². The first-order valence-corrected chi connectivity index (χ1v) is 8.79. The Kier molecular flexibility index (Phi) is 4.68. The van der Waals surface area contributed by atoms with Crippen LogP contribution in [-0.4, -0.2) is 18.7 Å². The van der Waals surface area contributed by atoms with Crippen molar-refractivity contribution < 1.29 is 9.18 Å². The fourth-order valence-corrected chi connectivity index (χ4v) is 3.23. The highest BCUT2D eigenvalue weighted by Gasteiger charge is 2.18. The van der Waals surface area contributed by atoms with Crippen LogP contribution in [0, 0.1) is 12.7 Å². The summed E-state index contributed by atoms with van der Waals surface area (Å²) in [5, 5.41) is 5.94. The van der Waals surface area contributed by atoms with Gasteiger partial charge in [-0.05, 0) is 61.0 Å². The lowest BCUT2D eigenvalue weighted by molar-refractivity contribution is 0.102. The largest absolute Gasteiger partial charge is 0.319 e. The number of rotatable bonds is 3. The maximum atomic E-state index is 14.6. The van der Waals surface area contributed by atoms with Crippen molar-refractivity contribution in [1.29, 1.82) is 0 Å². The molecule has 1 aliphatic rings. The fraction of sp³-hybridized carbons (Fsp3) is 0.278. The average Bonchev–Trinajstić information content (AvgIpc) is 2.58. The van der Waals surface area contributed by atoms with Gasteiger partial charge in [-0.15, -0.1) is 11.8 Å². The van der Waals surface area contributed by atoms with E-state index in [2.05, 4.69) is 10.6 Å². The number of carbonyl (C=O) groups excluding carboxylic acids is 1. The predicted octanol–water partition coefficient (Wildman–Crippen LogP) is 3.75. The van der Waals surface area contributed by atoms with Gasteiger partial charge in [0.25, 0.3) is 5.91 Å². The van der Waals surface area contributed by atoms with Gasteiger partial charge in [0.15, 0.2) is 0 Å². The molecule has 0 saturated heterocycles. The molecule has 1 amide bonds. The Hall–Kier alpha value is -1.85. The molecular formula is C18H19FN2OS. The molecule has 2 aromatic carbocycles. The summed E-state index contributed by atoms with van der Waals surface area (Å²) in [6.07, 6.45) is 2.61. The average molecular weight is 330 g/mol. The van der Waals surface area contributed by atoms with E-state index in [9.17, 15) is 9.18 Å². The summed E-state index contributed by atoms with van der Waals surface area (Å²) in [7, 11) is 0. The number of carbonyl (C=O) groups is 1. The summed E-state index contributed by atoms with van der Waals surface area (Å²) in [5.41, 5.74) is 3.38. The van der Waals surface area contributed by atoms with Gasteiger partial charge in [0.1, 0.15) is 5.82 Å². The van der Waals surface area contributed by atoms with Gasteiger partial charge in [-0.2, -0.15) is 0 Å². The van der Waals surface area contributed by atoms with Crippen molar-refractivity contribution in [2.24, 2.45) is 0 Å². The molecule has 1 heterocycles. The summed E-state index contributed by atoms with van der Waals surface area (Å²) in [6, 6.07) is 9.26. The number of halogens is 1. The van der Waals surface area contributed by atoms with Gasteiger partial charge in [0, 0.05) is 17.0 Å². The maximum Gasteiger partial charge on any atom is 0.256 e. The van der Waals surface area contributed by atoms with Crippen LogP contribution in [0.2, 0.25) is 0 Å². The normalized spacial score (nSPS) is 13.5. The van der Waals surface area contributed by atoms with Gasteiger partial charge >= 0.3 is 0 Å². The molecule has 0 radical (unpaired) electrons. The quantitative estimate of drug-likeness (QED) is 0.842. The maximum absolute atomic E-state index is 14.6. The van der Waals surface area contributed by atoms with E-state index in [1.165, 1.54) is 0 Å². The first kappa shape index (κ1) is 16.0. The summed E-state index contributed by atoms with van der Waals surface area (Å²) in [6.45, 7) is 3.32. The van der Waals surface area contributed by atoms with Gasteiger partial charge in [-0.1, -0.05) is 12.1 Å². The monoisotopic (exact) mass is 330 g/mol. The third-order valence-electron chi connectivity index (χ3n) is 4.15. The molecule has 2 N–H and O–H groups in total. The van der Waals surface area contributed by atoms with Crippen LogP contribution in [0.5, 0.6) is 0 Å². The van der Waals surface area contributed by atoms with Crippen LogP contribution in [0.1, 0.15) is 27.0 Å². The molecule has 23 heavy (non-hydrogen) atoms. The van der Waals surface area contributed by atoms with Gasteiger partial charge in [0.2, 0.25) is 0 Å². The van der Waals surface area contributed by atoms with Crippen molar-refractivity contribution in [3.63, 3.8) is 0 Å². The zero-order chi connectivity index (χ0) is 16.4. The molecule has 0 bridgehead atoms. The van der Waals surface area contributed by atoms with E-state index < -0.39 is 0 Å². The van der Waals surface area contributed by atoms with Crippen molar-refractivity contribution >= 4 is 23.4 Å². The van der Waals surface area contributed by atoms with Crippen molar-refractivity contribution in [2.75, 3.05) is 18.1 Å². The van der Waals surface area contributed by atoms with Crippen LogP contribution >= 0.6 is 11.8 Å². The van der Waals surface area contributed by atoms with Crippen LogP contribution in [0.25, 0.3) is 0 Å². The molecule has 0 fully saturated rings. The Morgan fingerprint density at radius 3 is 2.91 bits per heavy atom. The number of benzene rings is 2. The smallest absolute Gasteiger partial charge is 0.256 e. The van der Waals surface area contributed by atoms with Crippen LogP contribution in [0.15, 0.2) is 35.2 Å². The van der Waals surface area contributed by atoms with Crippen molar-refractivity contribution in [1.82, 2.24) is 5.32 Å². The molecule has 1 aliphatic heterocycles. The fourth-order valence-electron chi connectivity index (χ4n) is 2.79. The third kappa shape index (κ3) is 3.26. The number of amides is 1. The summed E-state index contributed by atoms with van der Waals surface area (Å²) in [5.74, 6) is -0.581. The minimum absolute atomic E-state index is 0.254. The van der Waals surface area contributed by atoms with E-state index in [-0.39, 0.29) is 17.4 Å². The Labute approximate surface area is 139 Å². The standard InChI is InChI=1S/C18H19FN2OS/c1-11-3-5-13(23-2)9-15(11)18(22)21-16-6-4-12-10-20-8-7-14(12)17(16)19/h3-6,9,20H,7-8,10H2,1-2H3,(H,21,22). The highest BCUT2D eigenvalue weighted by atomic mass is 32.2. The molecule has 3 nitrogen and oxygen atoms in total. The van der Waals surface area contributed by atoms with E-state index in [1.807, 2.05) is 37.4 Å². The molecule has 5 heteroatoms. The number of hydrogen-bond donors (Lipinski definition) is 2. The van der Waals surface area contributed by atoms with Crippen LogP contribution < -0.4 is 10.6 Å². The molecule has 0 saturated carbocycles. The molecular weight excluding hydrogens is 311 g/mol. The molecule has 3 rings (SSSR count). The Morgan fingerprint density at radius 1 is 1.30 bits per heavy atom. The Balaban J connectivity index is 1.89. The van der Waals surface area contributed by atoms with E-state index in [0.717, 1.165) is 22.6 Å². The summed E-state index contributed by atoms with van der Waals surface area (Å²) in [4.78, 5) is 13.5. The lowest BCUT2D eigenvalue weighted by atomic mass is 9.99. The predicted molar refractivity (Wildman–Crippen MR) is 92.7 cm³/mol. The Bertz CT molecular complexity index is 761. The van der Waals surface area contributed by atoms with Crippen LogP contribution in [0.4, 0.5) is 10.1 Å². The second kappa shape index (κ2) is 6.72. The zero-order valence-corrected chi connectivity index (χ0v) is 14.0. The molecule has 0 aromatic heterocycles. The summed E-state index contributed by atoms with van der Waals surface area (Å²) >= 11 is 1.58. The molecule has 120 valence electrons. The topological polar surface area (TPSA) is 41.1 Å². The van der Waals surface area contributed by atoms with Gasteiger partial charge in [-0.25, -0.2) is 4.39 Å². The molecule has 2 aromatic rings. The van der Waals surface area contributed by atoms with Crippen molar-refractivity contribution in [2.45, 2.75) is 24.8 Å². The molecule has 0 atom stereocenters. The minimum Gasteiger partial charge on any atom is -0.319 e. The number of thioether (sulfide) groups is 1. The Morgan fingerprint density at radius 2 is 2.13 bits per heavy atom. The van der Waals surface area contributed by atoms with Gasteiger partial charge < -0.3 is 10.6 Å². The summed E-state index contributed by atoms with van der Waals surface area (Å²) < 4.78 is 14.6. The number of hydrogen-bond acceptors (Lipinski definition) is 3. The van der Waals surface area contributed by atoms with E-state index in [4.69, 9.17) is 0 Å². The lowest BCUT2D eigenvalue weighted by Gasteiger charge is -2.19. The van der Waals surface area contributed by atoms with Crippen molar-refractivity contribution in [3.8, 4) is 0 Å². The van der Waals surface area contributed by atoms with Gasteiger partial charge in [-0.3, -0.25) is 4.79 Å². The number of nitrogens with one attached hydrogen (secondary N) is 2. The highest BCUT2D eigenvalue weighted by Crippen LogP contribution is 2.26. The van der Waals surface area contributed by atoms with Crippen LogP contribution in [0.3, 0.4) is 0 Å². The third-order valence-corrected chi connectivity index (χ3v) is 4.87. The zero-order valence-electron chi connectivity index (χ0n) is 13.2. The van der Waals surface area contributed by atoms with E-state index in [0.29, 0.717) is 24.1 Å². The van der Waals surface area contributed by atoms with Crippen molar-refractivity contribution in [3.05, 3.63) is 58.4 Å². The number of fused-ring (bicyclic) bond motifs is 1. The highest BCUT2D eigenvalue weighted by molar-refractivity contribution is 7.98. The molecule has 0 spiro atoms. The second-order valence-corrected chi connectivity index (χ2v) is 6.51. The first-order chi connectivity index (χ1) is 11.1.